The Balaban J connectivity index is 1.35. The standard InChI is InChI=1S/C27H30FN3O5/c1-16-11-30(12-17(2)36-16)13-18-6-7-22(28)19(10-18)15-35-24-5-3-4-20-21(24)14-31(27(20)34)23-8-9-25(32)29-26(23)33/h3-7,10,16-17,23H,8-9,11-15H2,1-2H3,(H,29,32,33)/i13D2,23D. The van der Waals surface area contributed by atoms with Gasteiger partial charge in [0, 0.05) is 45.4 Å². The first kappa shape index (κ1) is 20.8. The molecule has 2 fully saturated rings. The van der Waals surface area contributed by atoms with E-state index in [2.05, 4.69) is 5.32 Å². The maximum atomic E-state index is 14.8. The van der Waals surface area contributed by atoms with Crippen LogP contribution in [0.4, 0.5) is 4.39 Å². The van der Waals surface area contributed by atoms with Gasteiger partial charge in [-0.2, -0.15) is 0 Å². The average Bonchev–Trinajstić information content (AvgIpc) is 3.23. The Morgan fingerprint density at radius 2 is 1.97 bits per heavy atom. The first-order chi connectivity index (χ1) is 18.4. The normalized spacial score (nSPS) is 28.2. The van der Waals surface area contributed by atoms with Gasteiger partial charge in [-0.3, -0.25) is 24.6 Å². The second-order valence-electron chi connectivity index (χ2n) is 9.37. The third-order valence-electron chi connectivity index (χ3n) is 6.49. The predicted molar refractivity (Wildman–Crippen MR) is 129 cm³/mol. The smallest absolute Gasteiger partial charge is 0.255 e. The number of hydrogen-bond donors (Lipinski definition) is 1. The summed E-state index contributed by atoms with van der Waals surface area (Å²) in [6.45, 7) is 2.40. The lowest BCUT2D eigenvalue weighted by Gasteiger charge is -2.35. The highest BCUT2D eigenvalue weighted by molar-refractivity contribution is 6.05. The van der Waals surface area contributed by atoms with Gasteiger partial charge in [0.15, 0.2) is 0 Å². The van der Waals surface area contributed by atoms with Crippen LogP contribution < -0.4 is 10.1 Å². The molecule has 0 aliphatic carbocycles. The van der Waals surface area contributed by atoms with Crippen molar-refractivity contribution in [3.8, 4) is 5.75 Å². The van der Waals surface area contributed by atoms with Crippen LogP contribution in [0.5, 0.6) is 5.75 Å². The molecule has 0 aromatic heterocycles. The molecule has 36 heavy (non-hydrogen) atoms. The molecule has 0 radical (unpaired) electrons. The van der Waals surface area contributed by atoms with Gasteiger partial charge in [-0.15, -0.1) is 0 Å². The van der Waals surface area contributed by atoms with Crippen LogP contribution in [0.2, 0.25) is 0 Å². The number of imide groups is 1. The number of morpholine rings is 1. The molecule has 3 atom stereocenters. The van der Waals surface area contributed by atoms with Gasteiger partial charge in [0.2, 0.25) is 11.8 Å². The maximum Gasteiger partial charge on any atom is 0.255 e. The molecule has 3 unspecified atom stereocenters. The number of rotatable bonds is 6. The quantitative estimate of drug-likeness (QED) is 0.617. The summed E-state index contributed by atoms with van der Waals surface area (Å²) >= 11 is 0. The fourth-order valence-electron chi connectivity index (χ4n) is 4.88. The fourth-order valence-corrected chi connectivity index (χ4v) is 4.88. The Morgan fingerprint density at radius 3 is 2.72 bits per heavy atom. The highest BCUT2D eigenvalue weighted by Crippen LogP contribution is 2.34. The van der Waals surface area contributed by atoms with E-state index in [1.165, 1.54) is 18.2 Å². The molecule has 3 heterocycles. The van der Waals surface area contributed by atoms with Crippen LogP contribution in [0.25, 0.3) is 0 Å². The zero-order valence-corrected chi connectivity index (χ0v) is 20.2. The summed E-state index contributed by atoms with van der Waals surface area (Å²) in [4.78, 5) is 40.0. The van der Waals surface area contributed by atoms with E-state index in [1.54, 1.807) is 23.1 Å². The highest BCUT2D eigenvalue weighted by Gasteiger charge is 2.40. The SMILES string of the molecule is [2H]C1(N2Cc3c(OCc4cc(C([2H])([2H])N5CC(C)OC(C)C5)ccc4F)cccc3C2=O)CCC(=O)NC1=O. The summed E-state index contributed by atoms with van der Waals surface area (Å²) in [7, 11) is 0. The van der Waals surface area contributed by atoms with E-state index in [-0.39, 0.29) is 54.9 Å². The zero-order chi connectivity index (χ0) is 28.1. The Kier molecular flexibility index (Phi) is 5.78. The Labute approximate surface area is 213 Å². The molecule has 0 spiro atoms. The number of nitrogens with zero attached hydrogens (tertiary/aromatic N) is 2. The molecule has 1 N–H and O–H groups in total. The summed E-state index contributed by atoms with van der Waals surface area (Å²) in [5, 5.41) is 2.13. The number of carbonyl (C=O) groups is 3. The molecular weight excluding hydrogens is 465 g/mol. The molecule has 8 nitrogen and oxygen atoms in total. The number of fused-ring (bicyclic) bond motifs is 1. The number of amides is 3. The number of benzene rings is 2. The number of halogens is 1. The van der Waals surface area contributed by atoms with Crippen molar-refractivity contribution in [2.24, 2.45) is 0 Å². The van der Waals surface area contributed by atoms with E-state index in [4.69, 9.17) is 13.6 Å². The molecule has 190 valence electrons. The second kappa shape index (κ2) is 9.99. The topological polar surface area (TPSA) is 88.2 Å². The minimum Gasteiger partial charge on any atom is -0.488 e. The lowest BCUT2D eigenvalue weighted by Crippen LogP contribution is -2.52. The van der Waals surface area contributed by atoms with Crippen molar-refractivity contribution in [3.63, 3.8) is 0 Å². The summed E-state index contributed by atoms with van der Waals surface area (Å²) in [5.74, 6) is -2.12. The molecule has 0 bridgehead atoms. The monoisotopic (exact) mass is 498 g/mol. The molecule has 2 aromatic carbocycles. The van der Waals surface area contributed by atoms with E-state index in [9.17, 15) is 18.8 Å². The van der Waals surface area contributed by atoms with Gasteiger partial charge in [-0.25, -0.2) is 4.39 Å². The van der Waals surface area contributed by atoms with Crippen molar-refractivity contribution >= 4 is 17.7 Å². The van der Waals surface area contributed by atoms with Crippen molar-refractivity contribution in [1.82, 2.24) is 15.1 Å². The molecule has 3 amide bonds. The van der Waals surface area contributed by atoms with Crippen LogP contribution in [-0.2, 0) is 34.0 Å². The number of hydrogen-bond acceptors (Lipinski definition) is 6. The molecule has 2 aromatic rings. The van der Waals surface area contributed by atoms with E-state index < -0.39 is 36.1 Å². The minimum atomic E-state index is -1.93. The van der Waals surface area contributed by atoms with Crippen molar-refractivity contribution in [3.05, 3.63) is 64.5 Å². The first-order valence-corrected chi connectivity index (χ1v) is 12.0. The van der Waals surface area contributed by atoms with Crippen molar-refractivity contribution in [2.75, 3.05) is 13.1 Å². The van der Waals surface area contributed by atoms with E-state index in [1.807, 2.05) is 13.8 Å². The molecule has 9 heteroatoms. The third-order valence-corrected chi connectivity index (χ3v) is 6.49. The molecule has 5 rings (SSSR count). The van der Waals surface area contributed by atoms with Crippen LogP contribution in [0.3, 0.4) is 0 Å². The molecule has 3 aliphatic rings. The summed E-state index contributed by atoms with van der Waals surface area (Å²) in [5.41, 5.74) is 1.16. The number of piperidine rings is 1. The number of nitrogens with one attached hydrogen (secondary N) is 1. The summed E-state index contributed by atoms with van der Waals surface area (Å²) in [6.07, 6.45) is -0.451. The highest BCUT2D eigenvalue weighted by atomic mass is 19.1. The summed E-state index contributed by atoms with van der Waals surface area (Å²) < 4.78 is 52.6. The van der Waals surface area contributed by atoms with Crippen molar-refractivity contribution < 1.29 is 32.4 Å². The van der Waals surface area contributed by atoms with Crippen molar-refractivity contribution in [2.45, 2.75) is 64.6 Å². The fraction of sp³-hybridized carbons (Fsp3) is 0.444. The lowest BCUT2D eigenvalue weighted by atomic mass is 10.0. The van der Waals surface area contributed by atoms with Gasteiger partial charge < -0.3 is 14.4 Å². The summed E-state index contributed by atoms with van der Waals surface area (Å²) in [6, 6.07) is 6.95. The zero-order valence-electron chi connectivity index (χ0n) is 23.2. The molecule has 0 saturated carbocycles. The molecule has 2 saturated heterocycles. The van der Waals surface area contributed by atoms with E-state index in [0.717, 1.165) is 4.90 Å². The Morgan fingerprint density at radius 1 is 1.19 bits per heavy atom. The van der Waals surface area contributed by atoms with Gasteiger partial charge in [0.1, 0.15) is 24.2 Å². The molecule has 3 aliphatic heterocycles. The second-order valence-corrected chi connectivity index (χ2v) is 9.37. The largest absolute Gasteiger partial charge is 0.488 e. The lowest BCUT2D eigenvalue weighted by molar-refractivity contribution is -0.136. The average molecular weight is 499 g/mol. The minimum absolute atomic E-state index is 0.0515. The van der Waals surface area contributed by atoms with E-state index in [0.29, 0.717) is 24.4 Å². The third kappa shape index (κ3) is 4.99. The first-order valence-electron chi connectivity index (χ1n) is 13.5. The Bertz CT molecular complexity index is 1330. The van der Waals surface area contributed by atoms with Gasteiger partial charge in [0.25, 0.3) is 5.91 Å². The number of carbonyl (C=O) groups excluding carboxylic acids is 3. The van der Waals surface area contributed by atoms with Gasteiger partial charge in [-0.05, 0) is 50.1 Å². The van der Waals surface area contributed by atoms with Crippen LogP contribution >= 0.6 is 0 Å². The predicted octanol–water partition coefficient (Wildman–Crippen LogP) is 2.77. The van der Waals surface area contributed by atoms with E-state index >= 15 is 0 Å². The Hall–Kier alpha value is -3.30. The number of ether oxygens (including phenoxy) is 2. The van der Waals surface area contributed by atoms with Crippen LogP contribution in [0.1, 0.15) is 57.8 Å². The maximum absolute atomic E-state index is 14.8. The van der Waals surface area contributed by atoms with Gasteiger partial charge in [0.05, 0.1) is 20.1 Å². The van der Waals surface area contributed by atoms with Gasteiger partial charge in [-0.1, -0.05) is 12.1 Å². The van der Waals surface area contributed by atoms with Gasteiger partial charge >= 0.3 is 0 Å². The molecular formula is C27H30FN3O5. The van der Waals surface area contributed by atoms with Crippen LogP contribution in [0, 0.1) is 5.82 Å². The van der Waals surface area contributed by atoms with Crippen LogP contribution in [0.15, 0.2) is 36.4 Å². The van der Waals surface area contributed by atoms with Crippen molar-refractivity contribution in [1.29, 1.82) is 0 Å². The van der Waals surface area contributed by atoms with Crippen LogP contribution in [-0.4, -0.2) is 58.8 Å².